The molecular formula is C19H16ClN3O2. The van der Waals surface area contributed by atoms with E-state index < -0.39 is 0 Å². The first-order chi connectivity index (χ1) is 12.0. The standard InChI is InChI=1S/C19H16ClN3O2/c1-13-10-11-18(19(12-13)23(24)25)22-17-9-5-4-8-16(17)21-15-7-3-2-6-14(15)20/h2-12,21-22H,1H3. The summed E-state index contributed by atoms with van der Waals surface area (Å²) in [5.74, 6) is 0. The first-order valence-electron chi connectivity index (χ1n) is 7.67. The van der Waals surface area contributed by atoms with Crippen molar-refractivity contribution in [3.63, 3.8) is 0 Å². The Morgan fingerprint density at radius 1 is 0.840 bits per heavy atom. The average Bonchev–Trinajstić information content (AvgIpc) is 2.60. The van der Waals surface area contributed by atoms with E-state index in [1.165, 1.54) is 0 Å². The van der Waals surface area contributed by atoms with Crippen LogP contribution in [0.1, 0.15) is 5.56 Å². The molecule has 0 aromatic heterocycles. The molecule has 0 aliphatic heterocycles. The molecule has 0 atom stereocenters. The summed E-state index contributed by atoms with van der Waals surface area (Å²) >= 11 is 6.20. The molecule has 0 saturated heterocycles. The van der Waals surface area contributed by atoms with Crippen LogP contribution in [0.2, 0.25) is 5.02 Å². The number of nitrogens with zero attached hydrogens (tertiary/aromatic N) is 1. The van der Waals surface area contributed by atoms with Gasteiger partial charge in [0.2, 0.25) is 0 Å². The van der Waals surface area contributed by atoms with E-state index >= 15 is 0 Å². The quantitative estimate of drug-likeness (QED) is 0.433. The maximum Gasteiger partial charge on any atom is 0.292 e. The lowest BCUT2D eigenvalue weighted by molar-refractivity contribution is -0.384. The van der Waals surface area contributed by atoms with Gasteiger partial charge in [-0.15, -0.1) is 0 Å². The van der Waals surface area contributed by atoms with E-state index in [9.17, 15) is 10.1 Å². The van der Waals surface area contributed by atoms with Crippen molar-refractivity contribution >= 4 is 40.0 Å². The number of nitrogens with one attached hydrogen (secondary N) is 2. The fourth-order valence-corrected chi connectivity index (χ4v) is 2.64. The monoisotopic (exact) mass is 353 g/mol. The predicted molar refractivity (Wildman–Crippen MR) is 102 cm³/mol. The van der Waals surface area contributed by atoms with Gasteiger partial charge < -0.3 is 10.6 Å². The van der Waals surface area contributed by atoms with Crippen LogP contribution in [0.4, 0.5) is 28.4 Å². The van der Waals surface area contributed by atoms with Gasteiger partial charge in [-0.05, 0) is 42.8 Å². The topological polar surface area (TPSA) is 67.2 Å². The second kappa shape index (κ2) is 7.23. The second-order valence-corrected chi connectivity index (χ2v) is 5.96. The summed E-state index contributed by atoms with van der Waals surface area (Å²) in [6, 6.07) is 20.0. The number of hydrogen-bond donors (Lipinski definition) is 2. The minimum absolute atomic E-state index is 0.0348. The van der Waals surface area contributed by atoms with E-state index in [0.29, 0.717) is 10.7 Å². The minimum atomic E-state index is -0.389. The number of rotatable bonds is 5. The minimum Gasteiger partial charge on any atom is -0.353 e. The van der Waals surface area contributed by atoms with Gasteiger partial charge in [-0.25, -0.2) is 0 Å². The third kappa shape index (κ3) is 3.89. The smallest absolute Gasteiger partial charge is 0.292 e. The predicted octanol–water partition coefficient (Wildman–Crippen LogP) is 6.04. The van der Waals surface area contributed by atoms with Gasteiger partial charge >= 0.3 is 0 Å². The van der Waals surface area contributed by atoms with Crippen molar-refractivity contribution in [3.05, 3.63) is 87.4 Å². The number of hydrogen-bond acceptors (Lipinski definition) is 4. The van der Waals surface area contributed by atoms with Crippen molar-refractivity contribution in [1.29, 1.82) is 0 Å². The third-order valence-electron chi connectivity index (χ3n) is 3.69. The van der Waals surface area contributed by atoms with Crippen LogP contribution in [-0.2, 0) is 0 Å². The number of nitro groups is 1. The van der Waals surface area contributed by atoms with E-state index in [4.69, 9.17) is 11.6 Å². The number of para-hydroxylation sites is 3. The van der Waals surface area contributed by atoms with E-state index in [1.54, 1.807) is 18.2 Å². The van der Waals surface area contributed by atoms with Crippen molar-refractivity contribution in [2.45, 2.75) is 6.92 Å². The number of anilines is 4. The molecule has 3 aromatic carbocycles. The summed E-state index contributed by atoms with van der Waals surface area (Å²) in [5, 5.41) is 18.3. The summed E-state index contributed by atoms with van der Waals surface area (Å²) in [6.07, 6.45) is 0. The highest BCUT2D eigenvalue weighted by Gasteiger charge is 2.15. The zero-order valence-electron chi connectivity index (χ0n) is 13.5. The van der Waals surface area contributed by atoms with E-state index in [0.717, 1.165) is 22.6 Å². The molecule has 0 radical (unpaired) electrons. The molecule has 25 heavy (non-hydrogen) atoms. The molecule has 6 heteroatoms. The fourth-order valence-electron chi connectivity index (χ4n) is 2.45. The van der Waals surface area contributed by atoms with Gasteiger partial charge in [0.15, 0.2) is 0 Å². The Bertz CT molecular complexity index is 928. The highest BCUT2D eigenvalue weighted by atomic mass is 35.5. The number of halogens is 1. The van der Waals surface area contributed by atoms with Gasteiger partial charge in [0.25, 0.3) is 5.69 Å². The number of aryl methyl sites for hydroxylation is 1. The summed E-state index contributed by atoms with van der Waals surface area (Å²) in [7, 11) is 0. The van der Waals surface area contributed by atoms with Crippen LogP contribution in [0.3, 0.4) is 0 Å². The molecule has 0 heterocycles. The van der Waals surface area contributed by atoms with E-state index in [1.807, 2.05) is 55.5 Å². The Labute approximate surface area is 150 Å². The largest absolute Gasteiger partial charge is 0.353 e. The molecular weight excluding hydrogens is 338 g/mol. The van der Waals surface area contributed by atoms with Crippen LogP contribution in [0.25, 0.3) is 0 Å². The Kier molecular flexibility index (Phi) is 4.86. The number of nitro benzene ring substituents is 1. The molecule has 0 bridgehead atoms. The number of benzene rings is 3. The molecule has 0 spiro atoms. The summed E-state index contributed by atoms with van der Waals surface area (Å²) in [6.45, 7) is 1.82. The molecule has 5 nitrogen and oxygen atoms in total. The molecule has 0 amide bonds. The molecule has 0 unspecified atom stereocenters. The van der Waals surface area contributed by atoms with E-state index in [-0.39, 0.29) is 10.6 Å². The van der Waals surface area contributed by atoms with Gasteiger partial charge in [-0.3, -0.25) is 10.1 Å². The molecule has 3 rings (SSSR count). The van der Waals surface area contributed by atoms with Crippen LogP contribution in [-0.4, -0.2) is 4.92 Å². The summed E-state index contributed by atoms with van der Waals surface area (Å²) in [4.78, 5) is 10.9. The molecule has 0 aliphatic rings. The lowest BCUT2D eigenvalue weighted by atomic mass is 10.1. The summed E-state index contributed by atoms with van der Waals surface area (Å²) in [5.41, 5.74) is 3.55. The lowest BCUT2D eigenvalue weighted by Crippen LogP contribution is -2.00. The van der Waals surface area contributed by atoms with Crippen molar-refractivity contribution in [3.8, 4) is 0 Å². The van der Waals surface area contributed by atoms with Crippen LogP contribution in [0, 0.1) is 17.0 Å². The maximum atomic E-state index is 11.3. The first-order valence-corrected chi connectivity index (χ1v) is 8.05. The van der Waals surface area contributed by atoms with Crippen LogP contribution < -0.4 is 10.6 Å². The molecule has 0 aliphatic carbocycles. The van der Waals surface area contributed by atoms with Crippen molar-refractivity contribution in [2.75, 3.05) is 10.6 Å². The van der Waals surface area contributed by atoms with Gasteiger partial charge in [0.1, 0.15) is 5.69 Å². The highest BCUT2D eigenvalue weighted by molar-refractivity contribution is 6.33. The Hall–Kier alpha value is -3.05. The Morgan fingerprint density at radius 3 is 2.00 bits per heavy atom. The second-order valence-electron chi connectivity index (χ2n) is 5.55. The van der Waals surface area contributed by atoms with Crippen LogP contribution in [0.5, 0.6) is 0 Å². The molecule has 0 fully saturated rings. The normalized spacial score (nSPS) is 10.3. The molecule has 3 aromatic rings. The van der Waals surface area contributed by atoms with Crippen LogP contribution >= 0.6 is 11.6 Å². The van der Waals surface area contributed by atoms with Gasteiger partial charge in [0, 0.05) is 6.07 Å². The van der Waals surface area contributed by atoms with Crippen molar-refractivity contribution in [1.82, 2.24) is 0 Å². The average molecular weight is 354 g/mol. The van der Waals surface area contributed by atoms with Gasteiger partial charge in [-0.1, -0.05) is 41.9 Å². The highest BCUT2D eigenvalue weighted by Crippen LogP contribution is 2.34. The SMILES string of the molecule is Cc1ccc(Nc2ccccc2Nc2ccccc2Cl)c([N+](=O)[O-])c1. The lowest BCUT2D eigenvalue weighted by Gasteiger charge is -2.15. The molecule has 0 saturated carbocycles. The van der Waals surface area contributed by atoms with Crippen molar-refractivity contribution in [2.24, 2.45) is 0 Å². The summed E-state index contributed by atoms with van der Waals surface area (Å²) < 4.78 is 0. The van der Waals surface area contributed by atoms with E-state index in [2.05, 4.69) is 10.6 Å². The zero-order valence-corrected chi connectivity index (χ0v) is 14.2. The van der Waals surface area contributed by atoms with Gasteiger partial charge in [-0.2, -0.15) is 0 Å². The molecule has 126 valence electrons. The maximum absolute atomic E-state index is 11.3. The molecule has 2 N–H and O–H groups in total. The Balaban J connectivity index is 1.95. The fraction of sp³-hybridized carbons (Fsp3) is 0.0526. The van der Waals surface area contributed by atoms with Crippen LogP contribution in [0.15, 0.2) is 66.7 Å². The zero-order chi connectivity index (χ0) is 17.8. The first kappa shape index (κ1) is 16.8. The Morgan fingerprint density at radius 2 is 1.40 bits per heavy atom. The van der Waals surface area contributed by atoms with Crippen molar-refractivity contribution < 1.29 is 4.92 Å². The van der Waals surface area contributed by atoms with Gasteiger partial charge in [0.05, 0.1) is 27.0 Å². The third-order valence-corrected chi connectivity index (χ3v) is 4.02.